The molecule has 130 valence electrons. The van der Waals surface area contributed by atoms with Gasteiger partial charge in [-0.15, -0.1) is 0 Å². The Hall–Kier alpha value is -2.47. The fourth-order valence-corrected chi connectivity index (χ4v) is 3.57. The molecule has 0 radical (unpaired) electrons. The number of hydrogen-bond donors (Lipinski definition) is 1. The van der Waals surface area contributed by atoms with Crippen LogP contribution in [-0.4, -0.2) is 26.8 Å². The van der Waals surface area contributed by atoms with Crippen molar-refractivity contribution in [2.24, 2.45) is 0 Å². The summed E-state index contributed by atoms with van der Waals surface area (Å²) in [6.45, 7) is 3.71. The molecule has 5 nitrogen and oxygen atoms in total. The van der Waals surface area contributed by atoms with Crippen molar-refractivity contribution in [1.29, 1.82) is 0 Å². The van der Waals surface area contributed by atoms with Crippen LogP contribution >= 0.6 is 0 Å². The smallest absolute Gasteiger partial charge is 0.170 e. The van der Waals surface area contributed by atoms with Crippen LogP contribution in [0, 0.1) is 12.7 Å². The number of H-pyrrole nitrogens is 1. The first-order valence-corrected chi connectivity index (χ1v) is 8.66. The van der Waals surface area contributed by atoms with E-state index in [1.807, 2.05) is 25.1 Å². The lowest BCUT2D eigenvalue weighted by atomic mass is 9.95. The zero-order chi connectivity index (χ0) is 17.2. The standard InChI is InChI=1S/C19H21FN4O/c1-13-10-18(25-23-13)16-11-21-22-19(16)17-4-2-3-9-24(17)12-14-5-7-15(20)8-6-14/h5-8,10-11,17H,2-4,9,12H2,1H3,(H,21,22). The molecule has 0 aliphatic carbocycles. The average molecular weight is 340 g/mol. The zero-order valence-electron chi connectivity index (χ0n) is 14.2. The Morgan fingerprint density at radius 2 is 2.12 bits per heavy atom. The summed E-state index contributed by atoms with van der Waals surface area (Å²) in [4.78, 5) is 2.43. The normalized spacial score (nSPS) is 18.6. The highest BCUT2D eigenvalue weighted by Crippen LogP contribution is 2.36. The van der Waals surface area contributed by atoms with E-state index < -0.39 is 0 Å². The Labute approximate surface area is 145 Å². The van der Waals surface area contributed by atoms with Gasteiger partial charge in [-0.2, -0.15) is 5.10 Å². The molecule has 1 aliphatic rings. The molecule has 1 aromatic carbocycles. The molecule has 0 bridgehead atoms. The molecule has 0 saturated carbocycles. The van der Waals surface area contributed by atoms with Gasteiger partial charge in [0.2, 0.25) is 0 Å². The van der Waals surface area contributed by atoms with Crippen molar-refractivity contribution in [3.63, 3.8) is 0 Å². The number of likely N-dealkylation sites (tertiary alicyclic amines) is 1. The number of hydrogen-bond acceptors (Lipinski definition) is 4. The molecule has 1 aliphatic heterocycles. The average Bonchev–Trinajstić information content (AvgIpc) is 3.26. The molecule has 25 heavy (non-hydrogen) atoms. The van der Waals surface area contributed by atoms with Gasteiger partial charge in [0.15, 0.2) is 5.76 Å². The predicted octanol–water partition coefficient (Wildman–Crippen LogP) is 4.24. The first-order valence-electron chi connectivity index (χ1n) is 8.66. The van der Waals surface area contributed by atoms with E-state index in [9.17, 15) is 4.39 Å². The van der Waals surface area contributed by atoms with Crippen LogP contribution in [0.5, 0.6) is 0 Å². The van der Waals surface area contributed by atoms with E-state index in [4.69, 9.17) is 4.52 Å². The van der Waals surface area contributed by atoms with Gasteiger partial charge in [0.25, 0.3) is 0 Å². The molecule has 1 atom stereocenters. The maximum Gasteiger partial charge on any atom is 0.170 e. The van der Waals surface area contributed by atoms with Crippen LogP contribution in [0.4, 0.5) is 4.39 Å². The van der Waals surface area contributed by atoms with Gasteiger partial charge >= 0.3 is 0 Å². The van der Waals surface area contributed by atoms with Crippen LogP contribution in [0.25, 0.3) is 11.3 Å². The van der Waals surface area contributed by atoms with Crippen LogP contribution in [0.15, 0.2) is 41.1 Å². The van der Waals surface area contributed by atoms with Gasteiger partial charge in [-0.25, -0.2) is 4.39 Å². The van der Waals surface area contributed by atoms with Gasteiger partial charge in [0.1, 0.15) is 5.82 Å². The molecule has 1 fully saturated rings. The van der Waals surface area contributed by atoms with Gasteiger partial charge in [0, 0.05) is 12.6 Å². The number of benzene rings is 1. The summed E-state index contributed by atoms with van der Waals surface area (Å²) < 4.78 is 18.6. The molecule has 4 rings (SSSR count). The number of piperidine rings is 1. The fraction of sp³-hybridized carbons (Fsp3) is 0.368. The lowest BCUT2D eigenvalue weighted by molar-refractivity contribution is 0.137. The number of aromatic nitrogens is 3. The fourth-order valence-electron chi connectivity index (χ4n) is 3.57. The minimum absolute atomic E-state index is 0.199. The first-order chi connectivity index (χ1) is 12.2. The number of aryl methyl sites for hydroxylation is 1. The predicted molar refractivity (Wildman–Crippen MR) is 92.2 cm³/mol. The summed E-state index contributed by atoms with van der Waals surface area (Å²) in [6.07, 6.45) is 5.21. The van der Waals surface area contributed by atoms with Gasteiger partial charge in [-0.1, -0.05) is 23.7 Å². The lowest BCUT2D eigenvalue weighted by Crippen LogP contribution is -2.33. The van der Waals surface area contributed by atoms with Crippen LogP contribution in [-0.2, 0) is 6.54 Å². The number of halogens is 1. The third-order valence-corrected chi connectivity index (χ3v) is 4.81. The molecule has 0 amide bonds. The minimum Gasteiger partial charge on any atom is -0.356 e. The summed E-state index contributed by atoms with van der Waals surface area (Å²) in [7, 11) is 0. The van der Waals surface area contributed by atoms with Gasteiger partial charge in [0.05, 0.1) is 29.2 Å². The summed E-state index contributed by atoms with van der Waals surface area (Å²) in [5.74, 6) is 0.545. The Kier molecular flexibility index (Phi) is 4.36. The van der Waals surface area contributed by atoms with E-state index >= 15 is 0 Å². The molecule has 1 unspecified atom stereocenters. The molecule has 3 heterocycles. The van der Waals surface area contributed by atoms with Crippen molar-refractivity contribution >= 4 is 0 Å². The lowest BCUT2D eigenvalue weighted by Gasteiger charge is -2.35. The van der Waals surface area contributed by atoms with E-state index in [2.05, 4.69) is 20.3 Å². The van der Waals surface area contributed by atoms with Crippen molar-refractivity contribution < 1.29 is 8.91 Å². The van der Waals surface area contributed by atoms with Gasteiger partial charge in [-0.05, 0) is 44.0 Å². The summed E-state index contributed by atoms with van der Waals surface area (Å²) in [5.41, 5.74) is 4.01. The van der Waals surface area contributed by atoms with Crippen LogP contribution in [0.3, 0.4) is 0 Å². The highest BCUT2D eigenvalue weighted by Gasteiger charge is 2.28. The monoisotopic (exact) mass is 340 g/mol. The maximum absolute atomic E-state index is 13.2. The van der Waals surface area contributed by atoms with Crippen molar-refractivity contribution in [2.45, 2.75) is 38.8 Å². The van der Waals surface area contributed by atoms with Crippen molar-refractivity contribution in [1.82, 2.24) is 20.3 Å². The quantitative estimate of drug-likeness (QED) is 0.772. The molecule has 1 saturated heterocycles. The Balaban J connectivity index is 1.61. The van der Waals surface area contributed by atoms with Crippen LogP contribution in [0.1, 0.15) is 42.3 Å². The Bertz CT molecular complexity index is 839. The minimum atomic E-state index is -0.199. The summed E-state index contributed by atoms with van der Waals surface area (Å²) in [6, 6.07) is 8.92. The van der Waals surface area contributed by atoms with Crippen molar-refractivity contribution in [2.75, 3.05) is 6.54 Å². The zero-order valence-corrected chi connectivity index (χ0v) is 14.2. The van der Waals surface area contributed by atoms with E-state index in [0.29, 0.717) is 0 Å². The number of nitrogens with one attached hydrogen (secondary N) is 1. The Morgan fingerprint density at radius 3 is 2.88 bits per heavy atom. The number of nitrogens with zero attached hydrogens (tertiary/aromatic N) is 3. The highest BCUT2D eigenvalue weighted by atomic mass is 19.1. The largest absolute Gasteiger partial charge is 0.356 e. The third kappa shape index (κ3) is 3.35. The van der Waals surface area contributed by atoms with E-state index in [1.165, 1.54) is 25.0 Å². The molecule has 3 aromatic rings. The molecular weight excluding hydrogens is 319 g/mol. The second kappa shape index (κ2) is 6.80. The van der Waals surface area contributed by atoms with E-state index in [0.717, 1.165) is 47.8 Å². The number of aromatic amines is 1. The molecule has 0 spiro atoms. The summed E-state index contributed by atoms with van der Waals surface area (Å²) in [5, 5.41) is 11.4. The third-order valence-electron chi connectivity index (χ3n) is 4.81. The number of rotatable bonds is 4. The molecular formula is C19H21FN4O. The topological polar surface area (TPSA) is 58.0 Å². The van der Waals surface area contributed by atoms with Crippen LogP contribution < -0.4 is 0 Å². The first kappa shape index (κ1) is 16.0. The second-order valence-electron chi connectivity index (χ2n) is 6.64. The van der Waals surface area contributed by atoms with Gasteiger partial charge < -0.3 is 4.52 Å². The van der Waals surface area contributed by atoms with E-state index in [-0.39, 0.29) is 11.9 Å². The van der Waals surface area contributed by atoms with Crippen molar-refractivity contribution in [3.05, 3.63) is 59.3 Å². The second-order valence-corrected chi connectivity index (χ2v) is 6.64. The maximum atomic E-state index is 13.2. The SMILES string of the molecule is Cc1cc(-c2cn[nH]c2C2CCCCN2Cc2ccc(F)cc2)on1. The highest BCUT2D eigenvalue weighted by molar-refractivity contribution is 5.60. The van der Waals surface area contributed by atoms with Crippen molar-refractivity contribution in [3.8, 4) is 11.3 Å². The molecule has 2 aromatic heterocycles. The summed E-state index contributed by atoms with van der Waals surface area (Å²) >= 11 is 0. The van der Waals surface area contributed by atoms with E-state index in [1.54, 1.807) is 6.20 Å². The van der Waals surface area contributed by atoms with Gasteiger partial charge in [-0.3, -0.25) is 10.00 Å². The Morgan fingerprint density at radius 1 is 1.28 bits per heavy atom. The molecule has 6 heteroatoms. The van der Waals surface area contributed by atoms with Crippen LogP contribution in [0.2, 0.25) is 0 Å². The molecule has 1 N–H and O–H groups in total.